The summed E-state index contributed by atoms with van der Waals surface area (Å²) in [7, 11) is 0. The molecule has 0 saturated heterocycles. The van der Waals surface area contributed by atoms with Crippen LogP contribution in [0.3, 0.4) is 0 Å². The summed E-state index contributed by atoms with van der Waals surface area (Å²) < 4.78 is 6.74. The molecule has 2 rings (SSSR count). The summed E-state index contributed by atoms with van der Waals surface area (Å²) in [5.74, 6) is 2.24. The normalized spacial score (nSPS) is 23.4. The topological polar surface area (TPSA) is 26.3 Å². The molecular formula is C16H21BrO2. The second-order valence-electron chi connectivity index (χ2n) is 5.31. The second-order valence-corrected chi connectivity index (χ2v) is 6.22. The lowest BCUT2D eigenvalue weighted by Crippen LogP contribution is -2.26. The molecule has 1 aliphatic carbocycles. The van der Waals surface area contributed by atoms with Gasteiger partial charge in [-0.1, -0.05) is 35.3 Å². The molecule has 0 bridgehead atoms. The number of carbonyl (C=O) groups excluding carboxylic acids is 1. The van der Waals surface area contributed by atoms with E-state index in [9.17, 15) is 4.79 Å². The van der Waals surface area contributed by atoms with Gasteiger partial charge in [-0.25, -0.2) is 0 Å². The average Bonchev–Trinajstić information content (AvgIpc) is 2.41. The lowest BCUT2D eigenvalue weighted by Gasteiger charge is -2.27. The third kappa shape index (κ3) is 4.34. The van der Waals surface area contributed by atoms with E-state index in [1.165, 1.54) is 6.42 Å². The van der Waals surface area contributed by atoms with E-state index in [0.29, 0.717) is 12.4 Å². The minimum atomic E-state index is 0.214. The molecule has 1 saturated carbocycles. The molecular weight excluding hydrogens is 304 g/mol. The lowest BCUT2D eigenvalue weighted by atomic mass is 9.78. The fourth-order valence-corrected chi connectivity index (χ4v) is 3.11. The fraction of sp³-hybridized carbons (Fsp3) is 0.562. The zero-order valence-corrected chi connectivity index (χ0v) is 13.0. The number of halogens is 1. The first-order valence-electron chi connectivity index (χ1n) is 7.10. The zero-order chi connectivity index (χ0) is 13.7. The van der Waals surface area contributed by atoms with Crippen LogP contribution in [0.5, 0.6) is 5.75 Å². The largest absolute Gasteiger partial charge is 0.494 e. The van der Waals surface area contributed by atoms with Gasteiger partial charge in [0, 0.05) is 16.8 Å². The van der Waals surface area contributed by atoms with Crippen LogP contribution in [0, 0.1) is 11.8 Å². The maximum Gasteiger partial charge on any atom is 0.136 e. The van der Waals surface area contributed by atoms with Gasteiger partial charge in [0.25, 0.3) is 0 Å². The van der Waals surface area contributed by atoms with Gasteiger partial charge in [-0.2, -0.15) is 0 Å². The first kappa shape index (κ1) is 14.6. The van der Waals surface area contributed by atoms with Crippen molar-refractivity contribution in [1.82, 2.24) is 0 Å². The Morgan fingerprint density at radius 3 is 3.00 bits per heavy atom. The van der Waals surface area contributed by atoms with Crippen molar-refractivity contribution in [1.29, 1.82) is 0 Å². The van der Waals surface area contributed by atoms with E-state index in [-0.39, 0.29) is 5.92 Å². The Kier molecular flexibility index (Phi) is 5.44. The molecule has 0 spiro atoms. The van der Waals surface area contributed by atoms with Crippen molar-refractivity contribution in [2.45, 2.75) is 39.0 Å². The first-order chi connectivity index (χ1) is 9.19. The molecule has 19 heavy (non-hydrogen) atoms. The summed E-state index contributed by atoms with van der Waals surface area (Å²) in [6, 6.07) is 7.83. The van der Waals surface area contributed by atoms with E-state index in [0.717, 1.165) is 41.8 Å². The number of carbonyl (C=O) groups is 1. The summed E-state index contributed by atoms with van der Waals surface area (Å²) in [5, 5.41) is 0. The number of ether oxygens (including phenoxy) is 1. The third-order valence-electron chi connectivity index (χ3n) is 3.98. The highest BCUT2D eigenvalue weighted by Crippen LogP contribution is 2.30. The second kappa shape index (κ2) is 7.09. The summed E-state index contributed by atoms with van der Waals surface area (Å²) in [4.78, 5) is 11.9. The Morgan fingerprint density at radius 2 is 2.26 bits per heavy atom. The molecule has 0 heterocycles. The number of hydrogen-bond acceptors (Lipinski definition) is 2. The minimum absolute atomic E-state index is 0.214. The number of rotatable bonds is 5. The fourth-order valence-electron chi connectivity index (χ4n) is 2.73. The number of benzene rings is 1. The van der Waals surface area contributed by atoms with E-state index in [4.69, 9.17) is 4.74 Å². The van der Waals surface area contributed by atoms with Gasteiger partial charge in [0.1, 0.15) is 11.5 Å². The van der Waals surface area contributed by atoms with Crippen LogP contribution in [-0.2, 0) is 4.79 Å². The molecule has 2 nitrogen and oxygen atoms in total. The van der Waals surface area contributed by atoms with Crippen molar-refractivity contribution in [3.8, 4) is 5.75 Å². The molecule has 1 fully saturated rings. The van der Waals surface area contributed by atoms with Gasteiger partial charge in [-0.3, -0.25) is 4.79 Å². The summed E-state index contributed by atoms with van der Waals surface area (Å²) >= 11 is 3.42. The molecule has 1 aromatic carbocycles. The highest BCUT2D eigenvalue weighted by Gasteiger charge is 2.27. The van der Waals surface area contributed by atoms with Crippen molar-refractivity contribution in [3.63, 3.8) is 0 Å². The van der Waals surface area contributed by atoms with Crippen molar-refractivity contribution >= 4 is 21.7 Å². The van der Waals surface area contributed by atoms with E-state index < -0.39 is 0 Å². The van der Waals surface area contributed by atoms with Crippen LogP contribution >= 0.6 is 15.9 Å². The molecule has 0 radical (unpaired) electrons. The molecule has 1 aliphatic rings. The molecule has 104 valence electrons. The molecule has 0 aliphatic heterocycles. The highest BCUT2D eigenvalue weighted by molar-refractivity contribution is 9.10. The van der Waals surface area contributed by atoms with Crippen LogP contribution < -0.4 is 4.74 Å². The van der Waals surface area contributed by atoms with Gasteiger partial charge in [0.05, 0.1) is 6.61 Å². The first-order valence-corrected chi connectivity index (χ1v) is 7.89. The van der Waals surface area contributed by atoms with Gasteiger partial charge in [0.15, 0.2) is 0 Å². The highest BCUT2D eigenvalue weighted by atomic mass is 79.9. The Balaban J connectivity index is 1.79. The van der Waals surface area contributed by atoms with Gasteiger partial charge in [-0.05, 0) is 43.4 Å². The quantitative estimate of drug-likeness (QED) is 0.790. The maximum absolute atomic E-state index is 11.9. The molecule has 0 aromatic heterocycles. The van der Waals surface area contributed by atoms with Gasteiger partial charge >= 0.3 is 0 Å². The predicted octanol–water partition coefficient (Wildman–Crippen LogP) is 4.61. The SMILES string of the molecule is CCC1CCC(=O)C(CCOc2cccc(Br)c2)C1. The van der Waals surface area contributed by atoms with Crippen LogP contribution in [0.25, 0.3) is 0 Å². The molecule has 0 amide bonds. The Morgan fingerprint density at radius 1 is 1.42 bits per heavy atom. The van der Waals surface area contributed by atoms with Crippen LogP contribution in [-0.4, -0.2) is 12.4 Å². The third-order valence-corrected chi connectivity index (χ3v) is 4.47. The monoisotopic (exact) mass is 324 g/mol. The van der Waals surface area contributed by atoms with Crippen molar-refractivity contribution in [2.24, 2.45) is 11.8 Å². The number of hydrogen-bond donors (Lipinski definition) is 0. The summed E-state index contributed by atoms with van der Waals surface area (Å²) in [6.07, 6.45) is 4.94. The summed E-state index contributed by atoms with van der Waals surface area (Å²) in [6.45, 7) is 2.85. The lowest BCUT2D eigenvalue weighted by molar-refractivity contribution is -0.126. The van der Waals surface area contributed by atoms with E-state index in [1.807, 2.05) is 24.3 Å². The smallest absolute Gasteiger partial charge is 0.136 e. The van der Waals surface area contributed by atoms with Crippen LogP contribution in [0.15, 0.2) is 28.7 Å². The zero-order valence-electron chi connectivity index (χ0n) is 11.4. The average molecular weight is 325 g/mol. The molecule has 0 N–H and O–H groups in total. The standard InChI is InChI=1S/C16H21BrO2/c1-2-12-6-7-16(18)13(10-12)8-9-19-15-5-3-4-14(17)11-15/h3-5,11-13H,2,6-10H2,1H3. The maximum atomic E-state index is 11.9. The summed E-state index contributed by atoms with van der Waals surface area (Å²) in [5.41, 5.74) is 0. The van der Waals surface area contributed by atoms with Gasteiger partial charge in [-0.15, -0.1) is 0 Å². The van der Waals surface area contributed by atoms with E-state index in [2.05, 4.69) is 22.9 Å². The molecule has 2 unspecified atom stereocenters. The van der Waals surface area contributed by atoms with Crippen molar-refractivity contribution in [3.05, 3.63) is 28.7 Å². The molecule has 3 heteroatoms. The van der Waals surface area contributed by atoms with E-state index in [1.54, 1.807) is 0 Å². The number of ketones is 1. The minimum Gasteiger partial charge on any atom is -0.494 e. The Hall–Kier alpha value is -0.830. The van der Waals surface area contributed by atoms with Crippen LogP contribution in [0.4, 0.5) is 0 Å². The Labute approximate surface area is 123 Å². The predicted molar refractivity (Wildman–Crippen MR) is 80.4 cm³/mol. The van der Waals surface area contributed by atoms with E-state index >= 15 is 0 Å². The molecule has 2 atom stereocenters. The van der Waals surface area contributed by atoms with Crippen LogP contribution in [0.2, 0.25) is 0 Å². The number of Topliss-reactive ketones (excluding diaryl/α,β-unsaturated/α-hetero) is 1. The van der Waals surface area contributed by atoms with Gasteiger partial charge in [0.2, 0.25) is 0 Å². The molecule has 1 aromatic rings. The van der Waals surface area contributed by atoms with Crippen molar-refractivity contribution in [2.75, 3.05) is 6.61 Å². The van der Waals surface area contributed by atoms with Gasteiger partial charge < -0.3 is 4.74 Å². The van der Waals surface area contributed by atoms with Crippen molar-refractivity contribution < 1.29 is 9.53 Å². The Bertz CT molecular complexity index is 431. The van der Waals surface area contributed by atoms with Crippen LogP contribution in [0.1, 0.15) is 39.0 Å².